The van der Waals surface area contributed by atoms with Crippen LogP contribution in [0.4, 0.5) is 15.9 Å². The fourth-order valence-electron chi connectivity index (χ4n) is 7.26. The lowest BCUT2D eigenvalue weighted by Crippen LogP contribution is -2.51. The number of phenols is 1. The van der Waals surface area contributed by atoms with Crippen molar-refractivity contribution in [3.63, 3.8) is 0 Å². The summed E-state index contributed by atoms with van der Waals surface area (Å²) in [5.41, 5.74) is 2.26. The highest BCUT2D eigenvalue weighted by atomic mass is 19.1. The molecule has 1 aliphatic carbocycles. The maximum atomic E-state index is 14.8. The van der Waals surface area contributed by atoms with Gasteiger partial charge in [0.1, 0.15) is 24.0 Å². The number of likely N-dealkylation sites (tertiary alicyclic amines) is 1. The van der Waals surface area contributed by atoms with Crippen LogP contribution in [0.15, 0.2) is 36.9 Å². The van der Waals surface area contributed by atoms with Gasteiger partial charge in [-0.05, 0) is 69.3 Å². The number of fused-ring (bicyclic) bond motifs is 2. The summed E-state index contributed by atoms with van der Waals surface area (Å²) in [6.07, 6.45) is 13.8. The predicted molar refractivity (Wildman–Crippen MR) is 174 cm³/mol. The summed E-state index contributed by atoms with van der Waals surface area (Å²) in [6, 6.07) is 6.80. The van der Waals surface area contributed by atoms with Crippen LogP contribution in [0.2, 0.25) is 0 Å². The lowest BCUT2D eigenvalue weighted by Gasteiger charge is -2.39. The molecule has 3 aromatic rings. The Morgan fingerprint density at radius 2 is 2.09 bits per heavy atom. The molecule has 2 aromatic carbocycles. The van der Waals surface area contributed by atoms with Gasteiger partial charge < -0.3 is 29.9 Å². The van der Waals surface area contributed by atoms with Crippen molar-refractivity contribution in [1.82, 2.24) is 19.8 Å². The Balaban J connectivity index is 1.35. The molecule has 2 fully saturated rings. The Morgan fingerprint density at radius 1 is 1.29 bits per heavy atom. The summed E-state index contributed by atoms with van der Waals surface area (Å²) >= 11 is 0. The van der Waals surface area contributed by atoms with Gasteiger partial charge in [-0.1, -0.05) is 31.4 Å². The molecule has 45 heavy (non-hydrogen) atoms. The molecule has 1 atom stereocenters. The van der Waals surface area contributed by atoms with E-state index in [1.807, 2.05) is 11.9 Å². The highest BCUT2D eigenvalue weighted by molar-refractivity contribution is 6.00. The number of carbonyl (C=O) groups is 1. The van der Waals surface area contributed by atoms with Gasteiger partial charge in [-0.3, -0.25) is 4.79 Å². The van der Waals surface area contributed by atoms with Gasteiger partial charge in [0.15, 0.2) is 0 Å². The number of hydrogen-bond acceptors (Lipinski definition) is 8. The van der Waals surface area contributed by atoms with Crippen LogP contribution < -0.4 is 15.0 Å². The smallest absolute Gasteiger partial charge is 0.318 e. The molecule has 2 aliphatic heterocycles. The standard InChI is InChI=1S/C35H41FN6O3/c1-5-26-28(36)12-11-23-18-25(43)19-30(32(23)26)42-17-13-27-29(20-42)38-34(45-21-24-10-9-16-40(24)3)39-33(27)37-22-35(14-7-8-15-35)41(4)31(44)6-2/h1,6,11-12,18-19,24,43H,2,7-10,13-17,20-22H2,3-4H3,(H,37,38,39). The molecule has 1 unspecified atom stereocenters. The Kier molecular flexibility index (Phi) is 8.56. The maximum absolute atomic E-state index is 14.8. The van der Waals surface area contributed by atoms with E-state index in [0.717, 1.165) is 56.3 Å². The molecular weight excluding hydrogens is 571 g/mol. The Labute approximate surface area is 264 Å². The van der Waals surface area contributed by atoms with E-state index >= 15 is 0 Å². The lowest BCUT2D eigenvalue weighted by molar-refractivity contribution is -0.129. The predicted octanol–water partition coefficient (Wildman–Crippen LogP) is 4.86. The van der Waals surface area contributed by atoms with Gasteiger partial charge in [0.25, 0.3) is 0 Å². The highest BCUT2D eigenvalue weighted by Crippen LogP contribution is 2.39. The summed E-state index contributed by atoms with van der Waals surface area (Å²) in [7, 11) is 3.96. The van der Waals surface area contributed by atoms with Crippen LogP contribution in [0, 0.1) is 18.2 Å². The van der Waals surface area contributed by atoms with Crippen molar-refractivity contribution in [2.45, 2.75) is 63.1 Å². The third-order valence-corrected chi connectivity index (χ3v) is 9.97. The number of nitrogens with one attached hydrogen (secondary N) is 1. The van der Waals surface area contributed by atoms with Crippen molar-refractivity contribution in [3.8, 4) is 24.1 Å². The number of halogens is 1. The third kappa shape index (κ3) is 5.89. The van der Waals surface area contributed by atoms with E-state index < -0.39 is 5.82 Å². The number of amides is 1. The zero-order valence-corrected chi connectivity index (χ0v) is 26.1. The number of rotatable bonds is 9. The van der Waals surface area contributed by atoms with Crippen LogP contribution in [0.25, 0.3) is 10.8 Å². The Bertz CT molecular complexity index is 1660. The van der Waals surface area contributed by atoms with Crippen molar-refractivity contribution in [1.29, 1.82) is 0 Å². The first-order valence-electron chi connectivity index (χ1n) is 15.8. The number of carbonyl (C=O) groups excluding carboxylic acids is 1. The molecule has 2 N–H and O–H groups in total. The zero-order valence-electron chi connectivity index (χ0n) is 26.1. The normalized spacial score (nSPS) is 19.2. The molecule has 1 saturated carbocycles. The van der Waals surface area contributed by atoms with Crippen molar-refractivity contribution >= 4 is 28.2 Å². The van der Waals surface area contributed by atoms with E-state index in [9.17, 15) is 14.3 Å². The van der Waals surface area contributed by atoms with Crippen LogP contribution in [0.1, 0.15) is 55.3 Å². The van der Waals surface area contributed by atoms with Crippen LogP contribution >= 0.6 is 0 Å². The summed E-state index contributed by atoms with van der Waals surface area (Å²) in [4.78, 5) is 28.6. The van der Waals surface area contributed by atoms with Crippen LogP contribution in [-0.2, 0) is 17.8 Å². The zero-order chi connectivity index (χ0) is 31.7. The molecule has 1 saturated heterocycles. The monoisotopic (exact) mass is 612 g/mol. The van der Waals surface area contributed by atoms with Gasteiger partial charge >= 0.3 is 6.01 Å². The van der Waals surface area contributed by atoms with Crippen molar-refractivity contribution in [3.05, 3.63) is 59.6 Å². The first-order chi connectivity index (χ1) is 21.7. The molecule has 236 valence electrons. The number of ether oxygens (including phenoxy) is 1. The van der Waals surface area contributed by atoms with E-state index in [4.69, 9.17) is 21.1 Å². The van der Waals surface area contributed by atoms with E-state index in [1.165, 1.54) is 12.1 Å². The third-order valence-electron chi connectivity index (χ3n) is 9.97. The molecule has 1 amide bonds. The minimum absolute atomic E-state index is 0.0766. The molecule has 6 rings (SSSR count). The lowest BCUT2D eigenvalue weighted by atomic mass is 9.94. The minimum atomic E-state index is -0.475. The second kappa shape index (κ2) is 12.6. The van der Waals surface area contributed by atoms with Gasteiger partial charge in [-0.15, -0.1) is 6.42 Å². The minimum Gasteiger partial charge on any atom is -0.508 e. The van der Waals surface area contributed by atoms with Gasteiger partial charge in [0, 0.05) is 48.9 Å². The van der Waals surface area contributed by atoms with Crippen molar-refractivity contribution < 1.29 is 19.0 Å². The number of aromatic nitrogens is 2. The number of phenolic OH excluding ortho intramolecular Hbond substituents is 1. The van der Waals surface area contributed by atoms with Gasteiger partial charge in [0.05, 0.1) is 23.3 Å². The first kappa shape index (κ1) is 30.7. The van der Waals surface area contributed by atoms with Gasteiger partial charge in [-0.2, -0.15) is 9.97 Å². The first-order valence-corrected chi connectivity index (χ1v) is 15.8. The number of aromatic hydroxyl groups is 1. The summed E-state index contributed by atoms with van der Waals surface area (Å²) < 4.78 is 21.1. The average Bonchev–Trinajstić information content (AvgIpc) is 3.70. The summed E-state index contributed by atoms with van der Waals surface area (Å²) in [5, 5.41) is 15.4. The average molecular weight is 613 g/mol. The Morgan fingerprint density at radius 3 is 2.80 bits per heavy atom. The van der Waals surface area contributed by atoms with E-state index in [1.54, 1.807) is 18.2 Å². The molecule has 0 spiro atoms. The largest absolute Gasteiger partial charge is 0.508 e. The molecule has 3 aliphatic rings. The summed E-state index contributed by atoms with van der Waals surface area (Å²) in [5.74, 6) is 2.73. The highest BCUT2D eigenvalue weighted by Gasteiger charge is 2.40. The summed E-state index contributed by atoms with van der Waals surface area (Å²) in [6.45, 7) is 6.74. The number of benzene rings is 2. The SMILES string of the molecule is C#Cc1c(F)ccc2cc(O)cc(N3CCc4c(nc(OCC5CCCN5C)nc4NCC4(N(C)C(=O)C=C)CCCC4)C3)c12. The van der Waals surface area contributed by atoms with Gasteiger partial charge in [0.2, 0.25) is 5.91 Å². The quantitative estimate of drug-likeness (QED) is 0.262. The maximum Gasteiger partial charge on any atom is 0.318 e. The van der Waals surface area contributed by atoms with E-state index in [-0.39, 0.29) is 22.8 Å². The Hall–Kier alpha value is -4.36. The number of anilines is 2. The molecule has 9 nitrogen and oxygen atoms in total. The van der Waals surface area contributed by atoms with Crippen molar-refractivity contribution in [2.24, 2.45) is 0 Å². The molecule has 0 bridgehead atoms. The van der Waals surface area contributed by atoms with Crippen LogP contribution in [0.3, 0.4) is 0 Å². The second-order valence-corrected chi connectivity index (χ2v) is 12.6. The fourth-order valence-corrected chi connectivity index (χ4v) is 7.26. The van der Waals surface area contributed by atoms with Crippen LogP contribution in [-0.4, -0.2) is 82.7 Å². The van der Waals surface area contributed by atoms with E-state index in [2.05, 4.69) is 34.7 Å². The second-order valence-electron chi connectivity index (χ2n) is 12.6. The molecule has 10 heteroatoms. The van der Waals surface area contributed by atoms with Gasteiger partial charge in [-0.25, -0.2) is 4.39 Å². The number of terminal acetylenes is 1. The van der Waals surface area contributed by atoms with E-state index in [0.29, 0.717) is 67.0 Å². The molecular formula is C35H41FN6O3. The van der Waals surface area contributed by atoms with Crippen molar-refractivity contribution in [2.75, 3.05) is 50.6 Å². The fraction of sp³-hybridized carbons (Fsp3) is 0.457. The number of likely N-dealkylation sites (N-methyl/N-ethyl adjacent to an activating group) is 2. The molecule has 0 radical (unpaired) electrons. The molecule has 3 heterocycles. The van der Waals surface area contributed by atoms with Crippen LogP contribution in [0.5, 0.6) is 11.8 Å². The number of nitrogens with zero attached hydrogens (tertiary/aromatic N) is 5. The topological polar surface area (TPSA) is 94.1 Å². The number of hydrogen-bond donors (Lipinski definition) is 2. The molecule has 1 aromatic heterocycles.